The Morgan fingerprint density at radius 3 is 2.62 bits per heavy atom. The number of carbonyl (C=O) groups excluding carboxylic acids is 1. The summed E-state index contributed by atoms with van der Waals surface area (Å²) in [5, 5.41) is 2.76. The van der Waals surface area contributed by atoms with Crippen LogP contribution in [0.25, 0.3) is 0 Å². The first-order valence-electron chi connectivity index (χ1n) is 7.98. The van der Waals surface area contributed by atoms with Crippen LogP contribution < -0.4 is 10.1 Å². The summed E-state index contributed by atoms with van der Waals surface area (Å²) in [5.74, 6) is 0.855. The summed E-state index contributed by atoms with van der Waals surface area (Å²) in [6.07, 6.45) is 0.550. The highest BCUT2D eigenvalue weighted by atomic mass is 127. The predicted molar refractivity (Wildman–Crippen MR) is 105 cm³/mol. The van der Waals surface area contributed by atoms with Gasteiger partial charge in [-0.15, -0.1) is 0 Å². The topological polar surface area (TPSA) is 47.6 Å². The molecule has 2 aromatic carbocycles. The van der Waals surface area contributed by atoms with Gasteiger partial charge in [-0.25, -0.2) is 4.79 Å². The molecular formula is C19H22INO3. The van der Waals surface area contributed by atoms with E-state index < -0.39 is 6.09 Å². The molecular weight excluding hydrogens is 417 g/mol. The molecule has 0 bridgehead atoms. The zero-order valence-corrected chi connectivity index (χ0v) is 16.3. The summed E-state index contributed by atoms with van der Waals surface area (Å²) >= 11 is 2.24. The third-order valence-corrected chi connectivity index (χ3v) is 4.28. The summed E-state index contributed by atoms with van der Waals surface area (Å²) in [4.78, 5) is 11.7. The molecule has 0 aromatic heterocycles. The van der Waals surface area contributed by atoms with Gasteiger partial charge in [-0.3, -0.25) is 5.32 Å². The first-order valence-corrected chi connectivity index (χ1v) is 9.05. The molecule has 2 rings (SSSR count). The monoisotopic (exact) mass is 439 g/mol. The summed E-state index contributed by atoms with van der Waals surface area (Å²) < 4.78 is 12.0. The molecule has 24 heavy (non-hydrogen) atoms. The van der Waals surface area contributed by atoms with Crippen LogP contribution in [0.5, 0.6) is 5.75 Å². The standard InChI is InChI=1S/C19H22INO3/c1-4-14-6-9-18(13(3)10-14)24-12-15-11-16(20)7-8-17(15)21-19(22)23-5-2/h6-11H,4-5,12H2,1-3H3,(H,21,22). The molecule has 0 saturated heterocycles. The number of aryl methyl sites for hydroxylation is 2. The van der Waals surface area contributed by atoms with Gasteiger partial charge in [-0.05, 0) is 78.3 Å². The van der Waals surface area contributed by atoms with Crippen LogP contribution >= 0.6 is 22.6 Å². The number of nitrogens with one attached hydrogen (secondary N) is 1. The van der Waals surface area contributed by atoms with E-state index in [4.69, 9.17) is 9.47 Å². The van der Waals surface area contributed by atoms with Crippen molar-refractivity contribution in [3.05, 3.63) is 56.7 Å². The molecule has 0 radical (unpaired) electrons. The van der Waals surface area contributed by atoms with E-state index in [1.165, 1.54) is 5.56 Å². The molecule has 0 unspecified atom stereocenters. The maximum atomic E-state index is 11.7. The van der Waals surface area contributed by atoms with Crippen molar-refractivity contribution < 1.29 is 14.3 Å². The Kier molecular flexibility index (Phi) is 6.90. The number of carbonyl (C=O) groups is 1. The van der Waals surface area contributed by atoms with Gasteiger partial charge in [0, 0.05) is 9.13 Å². The van der Waals surface area contributed by atoms with Crippen LogP contribution in [0.2, 0.25) is 0 Å². The zero-order valence-electron chi connectivity index (χ0n) is 14.2. The van der Waals surface area contributed by atoms with Crippen molar-refractivity contribution in [2.24, 2.45) is 0 Å². The van der Waals surface area contributed by atoms with E-state index in [-0.39, 0.29) is 0 Å². The van der Waals surface area contributed by atoms with Crippen LogP contribution in [0.15, 0.2) is 36.4 Å². The molecule has 5 heteroatoms. The SMILES string of the molecule is CCOC(=O)Nc1ccc(I)cc1COc1ccc(CC)cc1C. The third-order valence-electron chi connectivity index (χ3n) is 3.61. The molecule has 2 aromatic rings. The third kappa shape index (κ3) is 5.12. The van der Waals surface area contributed by atoms with Gasteiger partial charge in [0.1, 0.15) is 12.4 Å². The quantitative estimate of drug-likeness (QED) is 0.621. The highest BCUT2D eigenvalue weighted by Crippen LogP contribution is 2.24. The summed E-state index contributed by atoms with van der Waals surface area (Å²) in [6, 6.07) is 12.0. The lowest BCUT2D eigenvalue weighted by Gasteiger charge is -2.14. The van der Waals surface area contributed by atoms with Crippen LogP contribution in [-0.2, 0) is 17.8 Å². The van der Waals surface area contributed by atoms with Gasteiger partial charge in [0.25, 0.3) is 0 Å². The summed E-state index contributed by atoms with van der Waals surface area (Å²) in [7, 11) is 0. The van der Waals surface area contributed by atoms with E-state index in [1.54, 1.807) is 6.92 Å². The lowest BCUT2D eigenvalue weighted by Crippen LogP contribution is -2.15. The van der Waals surface area contributed by atoms with Gasteiger partial charge < -0.3 is 9.47 Å². The average Bonchev–Trinajstić information content (AvgIpc) is 2.56. The number of ether oxygens (including phenoxy) is 2. The second kappa shape index (κ2) is 8.92. The van der Waals surface area contributed by atoms with Gasteiger partial charge in [-0.2, -0.15) is 0 Å². The van der Waals surface area contributed by atoms with E-state index in [0.717, 1.165) is 26.9 Å². The van der Waals surface area contributed by atoms with Crippen molar-refractivity contribution in [3.63, 3.8) is 0 Å². The first kappa shape index (κ1) is 18.6. The average molecular weight is 439 g/mol. The number of rotatable bonds is 6. The largest absolute Gasteiger partial charge is 0.489 e. The van der Waals surface area contributed by atoms with Gasteiger partial charge in [0.15, 0.2) is 0 Å². The molecule has 1 N–H and O–H groups in total. The lowest BCUT2D eigenvalue weighted by atomic mass is 10.1. The number of amides is 1. The number of benzene rings is 2. The smallest absolute Gasteiger partial charge is 0.411 e. The van der Waals surface area contributed by atoms with Gasteiger partial charge >= 0.3 is 6.09 Å². The molecule has 0 fully saturated rings. The maximum absolute atomic E-state index is 11.7. The van der Waals surface area contributed by atoms with E-state index >= 15 is 0 Å². The Hall–Kier alpha value is -1.76. The molecule has 1 amide bonds. The van der Waals surface area contributed by atoms with Crippen LogP contribution in [0.1, 0.15) is 30.5 Å². The van der Waals surface area contributed by atoms with E-state index in [9.17, 15) is 4.79 Å². The summed E-state index contributed by atoms with van der Waals surface area (Å²) in [6.45, 7) is 6.67. The van der Waals surface area contributed by atoms with Crippen molar-refractivity contribution in [1.29, 1.82) is 0 Å². The van der Waals surface area contributed by atoms with Crippen molar-refractivity contribution in [3.8, 4) is 5.75 Å². The number of hydrogen-bond donors (Lipinski definition) is 1. The maximum Gasteiger partial charge on any atom is 0.411 e. The van der Waals surface area contributed by atoms with Crippen molar-refractivity contribution in [1.82, 2.24) is 0 Å². The Bertz CT molecular complexity index is 716. The van der Waals surface area contributed by atoms with Crippen molar-refractivity contribution >= 4 is 34.4 Å². The van der Waals surface area contributed by atoms with Crippen molar-refractivity contribution in [2.45, 2.75) is 33.8 Å². The van der Waals surface area contributed by atoms with E-state index in [0.29, 0.717) is 18.9 Å². The van der Waals surface area contributed by atoms with Gasteiger partial charge in [0.05, 0.1) is 12.3 Å². The van der Waals surface area contributed by atoms with Crippen molar-refractivity contribution in [2.75, 3.05) is 11.9 Å². The minimum Gasteiger partial charge on any atom is -0.489 e. The highest BCUT2D eigenvalue weighted by molar-refractivity contribution is 14.1. The van der Waals surface area contributed by atoms with Gasteiger partial charge in [0.2, 0.25) is 0 Å². The minimum atomic E-state index is -0.455. The minimum absolute atomic E-state index is 0.338. The molecule has 4 nitrogen and oxygen atoms in total. The van der Waals surface area contributed by atoms with E-state index in [1.807, 2.05) is 31.2 Å². The second-order valence-electron chi connectivity index (χ2n) is 5.39. The summed E-state index contributed by atoms with van der Waals surface area (Å²) in [5.41, 5.74) is 4.02. The normalized spacial score (nSPS) is 10.3. The van der Waals surface area contributed by atoms with Crippen LogP contribution in [0.4, 0.5) is 10.5 Å². The Balaban J connectivity index is 2.13. The van der Waals surface area contributed by atoms with Crippen LogP contribution in [-0.4, -0.2) is 12.7 Å². The number of hydrogen-bond acceptors (Lipinski definition) is 3. The first-order chi connectivity index (χ1) is 11.5. The van der Waals surface area contributed by atoms with E-state index in [2.05, 4.69) is 47.0 Å². The molecule has 0 aliphatic rings. The predicted octanol–water partition coefficient (Wildman–Crippen LogP) is 5.31. The molecule has 0 spiro atoms. The van der Waals surface area contributed by atoms with Crippen LogP contribution in [0, 0.1) is 10.5 Å². The Morgan fingerprint density at radius 2 is 1.96 bits per heavy atom. The molecule has 128 valence electrons. The lowest BCUT2D eigenvalue weighted by molar-refractivity contribution is 0.168. The number of anilines is 1. The highest BCUT2D eigenvalue weighted by Gasteiger charge is 2.10. The molecule has 0 saturated carbocycles. The molecule has 0 aliphatic heterocycles. The number of halogens is 1. The fourth-order valence-corrected chi connectivity index (χ4v) is 2.89. The molecule has 0 atom stereocenters. The van der Waals surface area contributed by atoms with Crippen LogP contribution in [0.3, 0.4) is 0 Å². The fourth-order valence-electron chi connectivity index (χ4n) is 2.33. The fraction of sp³-hybridized carbons (Fsp3) is 0.316. The second-order valence-corrected chi connectivity index (χ2v) is 6.63. The molecule has 0 heterocycles. The Morgan fingerprint density at radius 1 is 1.17 bits per heavy atom. The molecule has 0 aliphatic carbocycles. The Labute approximate surface area is 156 Å². The van der Waals surface area contributed by atoms with Gasteiger partial charge in [-0.1, -0.05) is 19.1 Å². The zero-order chi connectivity index (χ0) is 17.5.